The first-order valence-electron chi connectivity index (χ1n) is 9.18. The average Bonchev–Trinajstić information content (AvgIpc) is 3.13. The number of nitrogens with one attached hydrogen (secondary N) is 2. The van der Waals surface area contributed by atoms with Crippen LogP contribution in [-0.4, -0.2) is 29.8 Å². The van der Waals surface area contributed by atoms with Gasteiger partial charge in [-0.2, -0.15) is 0 Å². The van der Waals surface area contributed by atoms with Gasteiger partial charge in [0, 0.05) is 37.3 Å². The van der Waals surface area contributed by atoms with E-state index in [1.807, 2.05) is 25.1 Å². The highest BCUT2D eigenvalue weighted by molar-refractivity contribution is 5.79. The van der Waals surface area contributed by atoms with Crippen molar-refractivity contribution in [2.75, 3.05) is 13.7 Å². The van der Waals surface area contributed by atoms with E-state index in [4.69, 9.17) is 9.26 Å². The molecule has 2 heterocycles. The molecule has 0 unspecified atom stereocenters. The number of hydrogen-bond acceptors (Lipinski definition) is 5. The lowest BCUT2D eigenvalue weighted by Crippen LogP contribution is -2.36. The Hall–Kier alpha value is -2.57. The number of ether oxygens (including phenoxy) is 1. The van der Waals surface area contributed by atoms with Crippen molar-refractivity contribution in [3.8, 4) is 5.88 Å². The summed E-state index contributed by atoms with van der Waals surface area (Å²) in [5, 5.41) is 10.7. The Bertz CT molecular complexity index is 695. The summed E-state index contributed by atoms with van der Waals surface area (Å²) in [4.78, 5) is 8.49. The largest absolute Gasteiger partial charge is 0.478 e. The molecular weight excluding hydrogens is 330 g/mol. The molecule has 2 N–H and O–H groups in total. The van der Waals surface area contributed by atoms with Gasteiger partial charge in [-0.25, -0.2) is 4.98 Å². The molecule has 0 radical (unpaired) electrons. The summed E-state index contributed by atoms with van der Waals surface area (Å²) >= 11 is 0. The Kier molecular flexibility index (Phi) is 7.92. The first kappa shape index (κ1) is 19.8. The van der Waals surface area contributed by atoms with Crippen LogP contribution in [0.1, 0.15) is 56.5 Å². The number of pyridine rings is 1. The monoisotopic (exact) mass is 359 g/mol. The van der Waals surface area contributed by atoms with Gasteiger partial charge in [0.25, 0.3) is 0 Å². The third kappa shape index (κ3) is 5.47. The molecule has 0 aliphatic heterocycles. The Morgan fingerprint density at radius 2 is 2.00 bits per heavy atom. The first-order valence-corrected chi connectivity index (χ1v) is 9.18. The van der Waals surface area contributed by atoms with Crippen molar-refractivity contribution in [2.45, 2.75) is 52.6 Å². The minimum atomic E-state index is 0.451. The van der Waals surface area contributed by atoms with Crippen molar-refractivity contribution in [1.29, 1.82) is 0 Å². The Balaban J connectivity index is 1.89. The van der Waals surface area contributed by atoms with Gasteiger partial charge in [-0.1, -0.05) is 25.1 Å². The molecule has 0 saturated heterocycles. The van der Waals surface area contributed by atoms with Crippen molar-refractivity contribution in [1.82, 2.24) is 20.8 Å². The van der Waals surface area contributed by atoms with Crippen LogP contribution in [0.3, 0.4) is 0 Å². The third-order valence-corrected chi connectivity index (χ3v) is 4.21. The van der Waals surface area contributed by atoms with E-state index < -0.39 is 0 Å². The molecule has 7 nitrogen and oxygen atoms in total. The molecule has 2 aromatic rings. The molecule has 0 aliphatic rings. The highest BCUT2D eigenvalue weighted by Crippen LogP contribution is 2.22. The van der Waals surface area contributed by atoms with E-state index in [2.05, 4.69) is 39.6 Å². The van der Waals surface area contributed by atoms with Crippen LogP contribution in [0.5, 0.6) is 5.88 Å². The SMILES string of the molecule is CCOc1ncccc1CNC(=NC)NCc1cc(C(CC)CC)no1. The zero-order valence-corrected chi connectivity index (χ0v) is 16.1. The van der Waals surface area contributed by atoms with Gasteiger partial charge in [0.05, 0.1) is 18.8 Å². The lowest BCUT2D eigenvalue weighted by molar-refractivity contribution is 0.322. The number of hydrogen-bond donors (Lipinski definition) is 2. The predicted octanol–water partition coefficient (Wildman–Crippen LogP) is 3.24. The second-order valence-corrected chi connectivity index (χ2v) is 5.91. The third-order valence-electron chi connectivity index (χ3n) is 4.21. The van der Waals surface area contributed by atoms with Crippen molar-refractivity contribution in [2.24, 2.45) is 4.99 Å². The summed E-state index contributed by atoms with van der Waals surface area (Å²) in [6.45, 7) is 7.96. The summed E-state index contributed by atoms with van der Waals surface area (Å²) < 4.78 is 11.0. The summed E-state index contributed by atoms with van der Waals surface area (Å²) in [5.74, 6) is 2.57. The van der Waals surface area contributed by atoms with Crippen LogP contribution in [0.15, 0.2) is 33.9 Å². The molecule has 2 rings (SSSR count). The lowest BCUT2D eigenvalue weighted by Gasteiger charge is -2.13. The number of aliphatic imine (C=N–C) groups is 1. The predicted molar refractivity (Wildman–Crippen MR) is 102 cm³/mol. The molecule has 2 aromatic heterocycles. The van der Waals surface area contributed by atoms with Crippen molar-refractivity contribution >= 4 is 5.96 Å². The minimum absolute atomic E-state index is 0.451. The second-order valence-electron chi connectivity index (χ2n) is 5.91. The number of rotatable bonds is 9. The molecule has 0 amide bonds. The fourth-order valence-electron chi connectivity index (χ4n) is 2.71. The molecule has 26 heavy (non-hydrogen) atoms. The highest BCUT2D eigenvalue weighted by Gasteiger charge is 2.13. The van der Waals surface area contributed by atoms with E-state index in [9.17, 15) is 0 Å². The minimum Gasteiger partial charge on any atom is -0.478 e. The van der Waals surface area contributed by atoms with E-state index in [-0.39, 0.29) is 0 Å². The summed E-state index contributed by atoms with van der Waals surface area (Å²) in [5.41, 5.74) is 2.00. The van der Waals surface area contributed by atoms with Gasteiger partial charge in [-0.05, 0) is 25.8 Å². The zero-order valence-electron chi connectivity index (χ0n) is 16.1. The normalized spacial score (nSPS) is 11.7. The van der Waals surface area contributed by atoms with Crippen LogP contribution in [0, 0.1) is 0 Å². The standard InChI is InChI=1S/C19H29N5O2/c1-5-14(6-2)17-11-16(26-24-17)13-23-19(20-4)22-12-15-9-8-10-21-18(15)25-7-3/h8-11,14H,5-7,12-13H2,1-4H3,(H2,20,22,23). The zero-order chi connectivity index (χ0) is 18.8. The van der Waals surface area contributed by atoms with Crippen molar-refractivity contribution < 1.29 is 9.26 Å². The average molecular weight is 359 g/mol. The number of nitrogens with zero attached hydrogens (tertiary/aromatic N) is 3. The van der Waals surface area contributed by atoms with Gasteiger partial charge in [0.2, 0.25) is 5.88 Å². The Morgan fingerprint density at radius 3 is 2.69 bits per heavy atom. The molecule has 0 saturated carbocycles. The van der Waals surface area contributed by atoms with Crippen LogP contribution in [0.4, 0.5) is 0 Å². The van der Waals surface area contributed by atoms with Crippen molar-refractivity contribution in [3.63, 3.8) is 0 Å². The topological polar surface area (TPSA) is 84.6 Å². The van der Waals surface area contributed by atoms with Gasteiger partial charge in [0.1, 0.15) is 0 Å². The van der Waals surface area contributed by atoms with E-state index >= 15 is 0 Å². The van der Waals surface area contributed by atoms with Gasteiger partial charge >= 0.3 is 0 Å². The maximum atomic E-state index is 5.54. The molecule has 7 heteroatoms. The molecular formula is C19H29N5O2. The van der Waals surface area contributed by atoms with E-state index in [1.165, 1.54) is 0 Å². The van der Waals surface area contributed by atoms with E-state index in [0.717, 1.165) is 29.9 Å². The molecule has 0 aromatic carbocycles. The van der Waals surface area contributed by atoms with Gasteiger partial charge in [0.15, 0.2) is 11.7 Å². The van der Waals surface area contributed by atoms with Crippen LogP contribution >= 0.6 is 0 Å². The smallest absolute Gasteiger partial charge is 0.218 e. The number of guanidine groups is 1. The van der Waals surface area contributed by atoms with Gasteiger partial charge in [-0.15, -0.1) is 0 Å². The van der Waals surface area contributed by atoms with Crippen molar-refractivity contribution in [3.05, 3.63) is 41.4 Å². The maximum absolute atomic E-state index is 5.54. The van der Waals surface area contributed by atoms with Crippen LogP contribution in [0.2, 0.25) is 0 Å². The molecule has 0 aliphatic carbocycles. The highest BCUT2D eigenvalue weighted by atomic mass is 16.5. The van der Waals surface area contributed by atoms with Crippen LogP contribution < -0.4 is 15.4 Å². The molecule has 0 bridgehead atoms. The molecule has 0 atom stereocenters. The van der Waals surface area contributed by atoms with Gasteiger partial charge in [-0.3, -0.25) is 4.99 Å². The fourth-order valence-corrected chi connectivity index (χ4v) is 2.71. The van der Waals surface area contributed by atoms with E-state index in [0.29, 0.717) is 37.5 Å². The maximum Gasteiger partial charge on any atom is 0.218 e. The summed E-state index contributed by atoms with van der Waals surface area (Å²) in [7, 11) is 1.73. The molecule has 142 valence electrons. The Morgan fingerprint density at radius 1 is 1.23 bits per heavy atom. The van der Waals surface area contributed by atoms with Gasteiger partial charge < -0.3 is 19.9 Å². The Labute approximate surface area is 155 Å². The van der Waals surface area contributed by atoms with Crippen LogP contribution in [-0.2, 0) is 13.1 Å². The quantitative estimate of drug-likeness (QED) is 0.528. The first-order chi connectivity index (χ1) is 12.7. The molecule has 0 spiro atoms. The lowest BCUT2D eigenvalue weighted by atomic mass is 9.99. The summed E-state index contributed by atoms with van der Waals surface area (Å²) in [6, 6.07) is 5.90. The summed E-state index contributed by atoms with van der Waals surface area (Å²) in [6.07, 6.45) is 3.85. The molecule has 0 fully saturated rings. The fraction of sp³-hybridized carbons (Fsp3) is 0.526. The van der Waals surface area contributed by atoms with Crippen LogP contribution in [0.25, 0.3) is 0 Å². The van der Waals surface area contributed by atoms with E-state index in [1.54, 1.807) is 13.2 Å². The number of aromatic nitrogens is 2. The second kappa shape index (κ2) is 10.4.